The van der Waals surface area contributed by atoms with E-state index in [4.69, 9.17) is 0 Å². The Morgan fingerprint density at radius 3 is 3.09 bits per heavy atom. The van der Waals surface area contributed by atoms with Crippen molar-refractivity contribution < 1.29 is 4.79 Å². The first kappa shape index (κ1) is 14.7. The number of thiazole rings is 1. The summed E-state index contributed by atoms with van der Waals surface area (Å²) < 4.78 is 0. The predicted molar refractivity (Wildman–Crippen MR) is 86.4 cm³/mol. The zero-order valence-electron chi connectivity index (χ0n) is 12.3. The van der Waals surface area contributed by atoms with Crippen LogP contribution in [0.3, 0.4) is 0 Å². The second-order valence-electron chi connectivity index (χ2n) is 5.11. The average Bonchev–Trinajstić information content (AvgIpc) is 3.05. The molecule has 0 bridgehead atoms. The molecule has 2 N–H and O–H groups in total. The summed E-state index contributed by atoms with van der Waals surface area (Å²) in [5, 5.41) is 8.51. The first-order chi connectivity index (χ1) is 10.8. The fourth-order valence-corrected chi connectivity index (χ4v) is 3.16. The maximum Gasteiger partial charge on any atom is 0.271 e. The lowest BCUT2D eigenvalue weighted by molar-refractivity contribution is 0.0929. The highest BCUT2D eigenvalue weighted by Crippen LogP contribution is 2.18. The third-order valence-corrected chi connectivity index (χ3v) is 4.44. The molecule has 0 saturated carbocycles. The molecule has 1 fully saturated rings. The first-order valence-electron chi connectivity index (χ1n) is 7.21. The highest BCUT2D eigenvalue weighted by Gasteiger charge is 2.23. The lowest BCUT2D eigenvalue weighted by Gasteiger charge is -2.33. The van der Waals surface area contributed by atoms with E-state index in [9.17, 15) is 4.79 Å². The van der Waals surface area contributed by atoms with Crippen LogP contribution in [0.25, 0.3) is 0 Å². The van der Waals surface area contributed by atoms with Crippen molar-refractivity contribution in [2.75, 3.05) is 30.4 Å². The largest absolute Gasteiger partial charge is 0.365 e. The summed E-state index contributed by atoms with van der Waals surface area (Å²) in [6, 6.07) is 0.1000. The molecule has 1 aliphatic heterocycles. The van der Waals surface area contributed by atoms with E-state index in [1.54, 1.807) is 31.0 Å². The smallest absolute Gasteiger partial charge is 0.271 e. The molecule has 2 aromatic heterocycles. The van der Waals surface area contributed by atoms with Crippen molar-refractivity contribution in [1.82, 2.24) is 20.3 Å². The van der Waals surface area contributed by atoms with Crippen molar-refractivity contribution >= 4 is 28.2 Å². The van der Waals surface area contributed by atoms with E-state index < -0.39 is 0 Å². The Bertz CT molecular complexity index is 631. The van der Waals surface area contributed by atoms with Crippen molar-refractivity contribution in [3.8, 4) is 0 Å². The topological polar surface area (TPSA) is 83.0 Å². The number of carbonyl (C=O) groups is 1. The van der Waals surface area contributed by atoms with Gasteiger partial charge in [-0.25, -0.2) is 9.97 Å². The van der Waals surface area contributed by atoms with Crippen LogP contribution >= 0.6 is 11.3 Å². The lowest BCUT2D eigenvalue weighted by atomic mass is 10.1. The number of nitrogens with one attached hydrogen (secondary N) is 2. The van der Waals surface area contributed by atoms with Crippen LogP contribution in [0.5, 0.6) is 0 Å². The summed E-state index contributed by atoms with van der Waals surface area (Å²) in [6.45, 7) is 1.68. The van der Waals surface area contributed by atoms with Gasteiger partial charge in [-0.3, -0.25) is 9.78 Å². The summed E-state index contributed by atoms with van der Waals surface area (Å²) in [4.78, 5) is 27.0. The van der Waals surface area contributed by atoms with Crippen LogP contribution in [0.1, 0.15) is 23.3 Å². The Labute approximate surface area is 132 Å². The molecule has 1 amide bonds. The van der Waals surface area contributed by atoms with Gasteiger partial charge in [0.05, 0.1) is 6.20 Å². The quantitative estimate of drug-likeness (QED) is 0.886. The number of rotatable bonds is 4. The molecule has 0 unspecified atom stereocenters. The molecule has 0 aliphatic carbocycles. The molecule has 1 atom stereocenters. The van der Waals surface area contributed by atoms with Gasteiger partial charge in [0.25, 0.3) is 5.91 Å². The molecular weight excluding hydrogens is 300 g/mol. The van der Waals surface area contributed by atoms with Gasteiger partial charge in [0, 0.05) is 44.0 Å². The molecule has 3 rings (SSSR count). The monoisotopic (exact) mass is 318 g/mol. The van der Waals surface area contributed by atoms with E-state index in [2.05, 4.69) is 30.5 Å². The summed E-state index contributed by atoms with van der Waals surface area (Å²) in [6.07, 6.45) is 7.08. The molecule has 0 spiro atoms. The summed E-state index contributed by atoms with van der Waals surface area (Å²) in [7, 11) is 1.79. The number of carbonyl (C=O) groups excluding carboxylic acids is 1. The molecular formula is C14H18N6OS. The van der Waals surface area contributed by atoms with Crippen LogP contribution in [-0.2, 0) is 0 Å². The van der Waals surface area contributed by atoms with Crippen LogP contribution in [0.15, 0.2) is 24.0 Å². The van der Waals surface area contributed by atoms with Crippen molar-refractivity contribution in [3.63, 3.8) is 0 Å². The molecule has 3 heterocycles. The number of anilines is 2. The van der Waals surface area contributed by atoms with Crippen molar-refractivity contribution in [2.45, 2.75) is 18.9 Å². The molecule has 8 heteroatoms. The average molecular weight is 318 g/mol. The second-order valence-corrected chi connectivity index (χ2v) is 5.97. The number of amides is 1. The van der Waals surface area contributed by atoms with Gasteiger partial charge < -0.3 is 15.5 Å². The Kier molecular flexibility index (Phi) is 4.47. The standard InChI is InChI=1S/C14H18N6OS/c1-15-14-19-11(9-22-14)13(21)18-10-3-2-6-20(8-10)12-7-16-4-5-17-12/h4-5,7,9-10H,2-3,6,8H2,1H3,(H,15,19)(H,18,21)/t10-/m1/s1. The molecule has 1 aliphatic rings. The number of hydrogen-bond donors (Lipinski definition) is 2. The summed E-state index contributed by atoms with van der Waals surface area (Å²) >= 11 is 1.43. The van der Waals surface area contributed by atoms with Crippen molar-refractivity contribution in [2.24, 2.45) is 0 Å². The van der Waals surface area contributed by atoms with E-state index >= 15 is 0 Å². The normalized spacial score (nSPS) is 18.0. The predicted octanol–water partition coefficient (Wildman–Crippen LogP) is 1.37. The van der Waals surface area contributed by atoms with E-state index in [1.807, 2.05) is 0 Å². The Morgan fingerprint density at radius 2 is 2.36 bits per heavy atom. The van der Waals surface area contributed by atoms with E-state index in [0.29, 0.717) is 5.69 Å². The summed E-state index contributed by atoms with van der Waals surface area (Å²) in [5.41, 5.74) is 0.464. The molecule has 0 radical (unpaired) electrons. The second kappa shape index (κ2) is 6.69. The van der Waals surface area contributed by atoms with Crippen LogP contribution in [0.2, 0.25) is 0 Å². The van der Waals surface area contributed by atoms with Gasteiger partial charge in [0.2, 0.25) is 0 Å². The molecule has 22 heavy (non-hydrogen) atoms. The van der Waals surface area contributed by atoms with E-state index in [-0.39, 0.29) is 11.9 Å². The SMILES string of the molecule is CNc1nc(C(=O)N[C@@H]2CCCN(c3cnccn3)C2)cs1. The number of hydrogen-bond acceptors (Lipinski definition) is 7. The van der Waals surface area contributed by atoms with Gasteiger partial charge in [-0.2, -0.15) is 0 Å². The molecule has 0 aromatic carbocycles. The van der Waals surface area contributed by atoms with Gasteiger partial charge in [-0.1, -0.05) is 0 Å². The van der Waals surface area contributed by atoms with Gasteiger partial charge in [0.15, 0.2) is 5.13 Å². The maximum atomic E-state index is 12.2. The molecule has 1 saturated heterocycles. The highest BCUT2D eigenvalue weighted by atomic mass is 32.1. The van der Waals surface area contributed by atoms with Crippen LogP contribution < -0.4 is 15.5 Å². The van der Waals surface area contributed by atoms with Crippen LogP contribution in [0.4, 0.5) is 10.9 Å². The van der Waals surface area contributed by atoms with Gasteiger partial charge in [-0.05, 0) is 12.8 Å². The zero-order valence-corrected chi connectivity index (χ0v) is 13.1. The van der Waals surface area contributed by atoms with Crippen LogP contribution in [-0.4, -0.2) is 47.0 Å². The van der Waals surface area contributed by atoms with Crippen molar-refractivity contribution in [1.29, 1.82) is 0 Å². The fraction of sp³-hybridized carbons (Fsp3) is 0.429. The van der Waals surface area contributed by atoms with E-state index in [1.165, 1.54) is 11.3 Å². The molecule has 2 aromatic rings. The zero-order chi connectivity index (χ0) is 15.4. The van der Waals surface area contributed by atoms with Gasteiger partial charge >= 0.3 is 0 Å². The fourth-order valence-electron chi connectivity index (χ4n) is 2.51. The maximum absolute atomic E-state index is 12.2. The number of piperidine rings is 1. The third-order valence-electron chi connectivity index (χ3n) is 3.58. The lowest BCUT2D eigenvalue weighted by Crippen LogP contribution is -2.48. The first-order valence-corrected chi connectivity index (χ1v) is 8.09. The molecule has 7 nitrogen and oxygen atoms in total. The Morgan fingerprint density at radius 1 is 1.45 bits per heavy atom. The van der Waals surface area contributed by atoms with Crippen molar-refractivity contribution in [3.05, 3.63) is 29.7 Å². The molecule has 116 valence electrons. The Hall–Kier alpha value is -2.22. The third kappa shape index (κ3) is 3.33. The Balaban J connectivity index is 1.61. The van der Waals surface area contributed by atoms with E-state index in [0.717, 1.165) is 36.9 Å². The van der Waals surface area contributed by atoms with Gasteiger partial charge in [-0.15, -0.1) is 11.3 Å². The van der Waals surface area contributed by atoms with Crippen LogP contribution in [0, 0.1) is 0 Å². The number of nitrogens with zero attached hydrogens (tertiary/aromatic N) is 4. The highest BCUT2D eigenvalue weighted by molar-refractivity contribution is 7.13. The minimum Gasteiger partial charge on any atom is -0.365 e. The summed E-state index contributed by atoms with van der Waals surface area (Å²) in [5.74, 6) is 0.733. The minimum atomic E-state index is -0.122. The van der Waals surface area contributed by atoms with Gasteiger partial charge in [0.1, 0.15) is 11.5 Å². The number of aromatic nitrogens is 3. The minimum absolute atomic E-state index is 0.1000.